The van der Waals surface area contributed by atoms with E-state index < -0.39 is 0 Å². The number of benzene rings is 1. The maximum atomic E-state index is 12.2. The highest BCUT2D eigenvalue weighted by atomic mass is 35.5. The van der Waals surface area contributed by atoms with Gasteiger partial charge in [-0.05, 0) is 35.7 Å². The molecule has 0 spiro atoms. The molecular weight excluding hydrogens is 332 g/mol. The van der Waals surface area contributed by atoms with Gasteiger partial charge in [0.25, 0.3) is 5.91 Å². The van der Waals surface area contributed by atoms with Gasteiger partial charge in [0.2, 0.25) is 5.56 Å². The molecule has 1 amide bonds. The number of pyridine rings is 1. The summed E-state index contributed by atoms with van der Waals surface area (Å²) < 4.78 is 0.569. The molecule has 0 radical (unpaired) electrons. The van der Waals surface area contributed by atoms with Crippen molar-refractivity contribution in [2.45, 2.75) is 19.8 Å². The molecule has 118 valence electrons. The fourth-order valence-electron chi connectivity index (χ4n) is 2.47. The van der Waals surface area contributed by atoms with Crippen LogP contribution in [0.2, 0.25) is 4.34 Å². The van der Waals surface area contributed by atoms with E-state index in [0.717, 1.165) is 10.9 Å². The van der Waals surface area contributed by atoms with Crippen LogP contribution in [-0.2, 0) is 0 Å². The second kappa shape index (κ2) is 6.18. The quantitative estimate of drug-likeness (QED) is 0.727. The van der Waals surface area contributed by atoms with Gasteiger partial charge < -0.3 is 10.3 Å². The molecule has 0 saturated carbocycles. The van der Waals surface area contributed by atoms with E-state index in [2.05, 4.69) is 10.3 Å². The number of fused-ring (bicyclic) bond motifs is 1. The second-order valence-corrected chi connectivity index (χ2v) is 7.28. The molecule has 0 fully saturated rings. The van der Waals surface area contributed by atoms with Crippen LogP contribution in [0, 0.1) is 0 Å². The summed E-state index contributed by atoms with van der Waals surface area (Å²) in [6, 6.07) is 10.5. The monoisotopic (exact) mass is 346 g/mol. The SMILES string of the molecule is CC(C)c1cc(=O)[nH]c2cc(NC(=O)c3ccc(Cl)s3)ccc12. The zero-order valence-electron chi connectivity index (χ0n) is 12.6. The Morgan fingerprint density at radius 3 is 2.65 bits per heavy atom. The first-order valence-corrected chi connectivity index (χ1v) is 8.37. The molecule has 0 atom stereocenters. The summed E-state index contributed by atoms with van der Waals surface area (Å²) in [7, 11) is 0. The highest BCUT2D eigenvalue weighted by molar-refractivity contribution is 7.18. The summed E-state index contributed by atoms with van der Waals surface area (Å²) in [4.78, 5) is 27.3. The average molecular weight is 347 g/mol. The van der Waals surface area contributed by atoms with Gasteiger partial charge in [-0.15, -0.1) is 11.3 Å². The molecule has 0 aliphatic rings. The number of hydrogen-bond donors (Lipinski definition) is 2. The van der Waals surface area contributed by atoms with Gasteiger partial charge in [-0.3, -0.25) is 9.59 Å². The lowest BCUT2D eigenvalue weighted by Gasteiger charge is -2.11. The van der Waals surface area contributed by atoms with Crippen molar-refractivity contribution in [1.82, 2.24) is 4.98 Å². The fourth-order valence-corrected chi connectivity index (χ4v) is 3.41. The fraction of sp³-hybridized carbons (Fsp3) is 0.176. The van der Waals surface area contributed by atoms with Gasteiger partial charge in [0.15, 0.2) is 0 Å². The molecule has 6 heteroatoms. The first-order chi connectivity index (χ1) is 10.9. The van der Waals surface area contributed by atoms with Gasteiger partial charge in [-0.25, -0.2) is 0 Å². The Kier molecular flexibility index (Phi) is 4.24. The predicted molar refractivity (Wildman–Crippen MR) is 95.9 cm³/mol. The molecule has 0 unspecified atom stereocenters. The van der Waals surface area contributed by atoms with Crippen LogP contribution in [-0.4, -0.2) is 10.9 Å². The molecule has 4 nitrogen and oxygen atoms in total. The number of anilines is 1. The van der Waals surface area contributed by atoms with Gasteiger partial charge in [0.05, 0.1) is 14.7 Å². The molecule has 23 heavy (non-hydrogen) atoms. The summed E-state index contributed by atoms with van der Waals surface area (Å²) in [6.45, 7) is 4.09. The first-order valence-electron chi connectivity index (χ1n) is 7.17. The summed E-state index contributed by atoms with van der Waals surface area (Å²) in [6.07, 6.45) is 0. The Bertz CT molecular complexity index is 943. The number of rotatable bonds is 3. The van der Waals surface area contributed by atoms with Crippen LogP contribution >= 0.6 is 22.9 Å². The van der Waals surface area contributed by atoms with E-state index in [1.165, 1.54) is 11.3 Å². The molecule has 0 saturated heterocycles. The van der Waals surface area contributed by atoms with Gasteiger partial charge >= 0.3 is 0 Å². The van der Waals surface area contributed by atoms with Crippen molar-refractivity contribution in [3.63, 3.8) is 0 Å². The van der Waals surface area contributed by atoms with Gasteiger partial charge in [0, 0.05) is 17.1 Å². The third-order valence-corrected chi connectivity index (χ3v) is 4.78. The van der Waals surface area contributed by atoms with E-state index in [-0.39, 0.29) is 17.4 Å². The highest BCUT2D eigenvalue weighted by Crippen LogP contribution is 2.26. The van der Waals surface area contributed by atoms with Gasteiger partial charge in [0.1, 0.15) is 0 Å². The average Bonchev–Trinajstić information content (AvgIpc) is 2.92. The van der Waals surface area contributed by atoms with E-state index in [0.29, 0.717) is 20.4 Å². The maximum absolute atomic E-state index is 12.2. The third kappa shape index (κ3) is 3.30. The van der Waals surface area contributed by atoms with Crippen LogP contribution in [0.25, 0.3) is 10.9 Å². The van der Waals surface area contributed by atoms with Gasteiger partial charge in [-0.1, -0.05) is 31.5 Å². The minimum Gasteiger partial charge on any atom is -0.322 e. The topological polar surface area (TPSA) is 62.0 Å². The van der Waals surface area contributed by atoms with Crippen molar-refractivity contribution < 1.29 is 4.79 Å². The molecule has 2 N–H and O–H groups in total. The number of carbonyl (C=O) groups excluding carboxylic acids is 1. The van der Waals surface area contributed by atoms with E-state index in [1.54, 1.807) is 24.3 Å². The Morgan fingerprint density at radius 1 is 1.22 bits per heavy atom. The van der Waals surface area contributed by atoms with Crippen LogP contribution in [0.1, 0.15) is 35.0 Å². The zero-order chi connectivity index (χ0) is 16.6. The van der Waals surface area contributed by atoms with Crippen molar-refractivity contribution in [3.8, 4) is 0 Å². The third-order valence-electron chi connectivity index (χ3n) is 3.55. The normalized spacial score (nSPS) is 11.1. The maximum Gasteiger partial charge on any atom is 0.265 e. The second-order valence-electron chi connectivity index (χ2n) is 5.56. The van der Waals surface area contributed by atoms with E-state index in [9.17, 15) is 9.59 Å². The van der Waals surface area contributed by atoms with E-state index >= 15 is 0 Å². The molecule has 0 aliphatic carbocycles. The number of hydrogen-bond acceptors (Lipinski definition) is 3. The number of H-pyrrole nitrogens is 1. The largest absolute Gasteiger partial charge is 0.322 e. The van der Waals surface area contributed by atoms with Crippen molar-refractivity contribution in [3.05, 3.63) is 61.5 Å². The van der Waals surface area contributed by atoms with Gasteiger partial charge in [-0.2, -0.15) is 0 Å². The molecule has 3 rings (SSSR count). The number of aromatic nitrogens is 1. The van der Waals surface area contributed by atoms with Crippen LogP contribution in [0.3, 0.4) is 0 Å². The van der Waals surface area contributed by atoms with Crippen molar-refractivity contribution in [2.24, 2.45) is 0 Å². The first kappa shape index (κ1) is 15.8. The molecule has 3 aromatic rings. The van der Waals surface area contributed by atoms with Crippen molar-refractivity contribution in [2.75, 3.05) is 5.32 Å². The Balaban J connectivity index is 1.97. The van der Waals surface area contributed by atoms with Crippen LogP contribution < -0.4 is 10.9 Å². The van der Waals surface area contributed by atoms with E-state index in [4.69, 9.17) is 11.6 Å². The Labute approximate surface area is 142 Å². The van der Waals surface area contributed by atoms with E-state index in [1.807, 2.05) is 26.0 Å². The number of amides is 1. The molecule has 1 aromatic carbocycles. The summed E-state index contributed by atoms with van der Waals surface area (Å²) in [5, 5.41) is 3.81. The summed E-state index contributed by atoms with van der Waals surface area (Å²) >= 11 is 7.07. The smallest absolute Gasteiger partial charge is 0.265 e. The lowest BCUT2D eigenvalue weighted by molar-refractivity contribution is 0.103. The number of halogens is 1. The number of carbonyl (C=O) groups is 1. The Morgan fingerprint density at radius 2 is 2.00 bits per heavy atom. The number of aromatic amines is 1. The number of thiophene rings is 1. The molecule has 2 aromatic heterocycles. The standard InChI is InChI=1S/C17H15ClN2O2S/c1-9(2)12-8-16(21)20-13-7-10(3-4-11(12)13)19-17(22)14-5-6-15(18)23-14/h3-9H,1-2H3,(H,19,22)(H,20,21). The van der Waals surface area contributed by atoms with Crippen LogP contribution in [0.5, 0.6) is 0 Å². The van der Waals surface area contributed by atoms with Crippen molar-refractivity contribution in [1.29, 1.82) is 0 Å². The molecule has 2 heterocycles. The number of nitrogens with one attached hydrogen (secondary N) is 2. The van der Waals surface area contributed by atoms with Crippen LogP contribution in [0.4, 0.5) is 5.69 Å². The lowest BCUT2D eigenvalue weighted by atomic mass is 9.99. The minimum absolute atomic E-state index is 0.144. The molecule has 0 bridgehead atoms. The Hall–Kier alpha value is -2.11. The zero-order valence-corrected chi connectivity index (χ0v) is 14.2. The summed E-state index contributed by atoms with van der Waals surface area (Å²) in [5.74, 6) is 0.0251. The molecule has 0 aliphatic heterocycles. The molecular formula is C17H15ClN2O2S. The van der Waals surface area contributed by atoms with Crippen LogP contribution in [0.15, 0.2) is 41.2 Å². The minimum atomic E-state index is -0.219. The van der Waals surface area contributed by atoms with Crippen molar-refractivity contribution >= 4 is 45.4 Å². The summed E-state index contributed by atoms with van der Waals surface area (Å²) in [5.41, 5.74) is 2.19. The lowest BCUT2D eigenvalue weighted by Crippen LogP contribution is -2.11. The highest BCUT2D eigenvalue weighted by Gasteiger charge is 2.11. The predicted octanol–water partition coefficient (Wildman–Crippen LogP) is 4.62.